The number of hydrogen-bond donors (Lipinski definition) is 0. The van der Waals surface area contributed by atoms with E-state index in [1.165, 1.54) is 0 Å². The normalized spacial score (nSPS) is 16.7. The molecule has 1 aliphatic rings. The number of amides is 1. The molecule has 3 aromatic rings. The molecule has 0 saturated carbocycles. The zero-order valence-electron chi connectivity index (χ0n) is 17.6. The van der Waals surface area contributed by atoms with E-state index in [4.69, 9.17) is 9.72 Å². The second-order valence-corrected chi connectivity index (χ2v) is 8.13. The fraction of sp³-hybridized carbons (Fsp3) is 0.435. The zero-order chi connectivity index (χ0) is 20.5. The number of fused-ring (bicyclic) bond motifs is 1. The highest BCUT2D eigenvalue weighted by molar-refractivity contribution is 5.96. The van der Waals surface area contributed by atoms with Crippen LogP contribution in [0.1, 0.15) is 48.1 Å². The molecule has 0 bridgehead atoms. The van der Waals surface area contributed by atoms with Crippen LogP contribution < -0.4 is 4.74 Å². The second kappa shape index (κ2) is 7.85. The van der Waals surface area contributed by atoms with Crippen LogP contribution in [-0.4, -0.2) is 45.5 Å². The average molecular weight is 393 g/mol. The van der Waals surface area contributed by atoms with Gasteiger partial charge in [-0.05, 0) is 69.0 Å². The maximum Gasteiger partial charge on any atom is 0.254 e. The van der Waals surface area contributed by atoms with E-state index >= 15 is 0 Å². The summed E-state index contributed by atoms with van der Waals surface area (Å²) >= 11 is 0. The Morgan fingerprint density at radius 2 is 2.14 bits per heavy atom. The van der Waals surface area contributed by atoms with Crippen molar-refractivity contribution in [3.05, 3.63) is 53.5 Å². The summed E-state index contributed by atoms with van der Waals surface area (Å²) in [5.74, 6) is 2.35. The lowest BCUT2D eigenvalue weighted by Gasteiger charge is -2.19. The third-order valence-corrected chi connectivity index (χ3v) is 5.75. The van der Waals surface area contributed by atoms with Gasteiger partial charge in [0.1, 0.15) is 17.1 Å². The number of pyridine rings is 1. The molecule has 6 nitrogen and oxygen atoms in total. The van der Waals surface area contributed by atoms with Crippen molar-refractivity contribution in [3.8, 4) is 5.75 Å². The van der Waals surface area contributed by atoms with E-state index in [-0.39, 0.29) is 5.91 Å². The first kappa shape index (κ1) is 19.4. The Bertz CT molecular complexity index is 1040. The number of ether oxygens (including phenoxy) is 1. The van der Waals surface area contributed by atoms with Gasteiger partial charge in [0.05, 0.1) is 7.11 Å². The number of aromatic nitrogens is 3. The summed E-state index contributed by atoms with van der Waals surface area (Å²) in [6.45, 7) is 7.84. The van der Waals surface area contributed by atoms with Gasteiger partial charge in [0, 0.05) is 37.3 Å². The molecular formula is C23H28N4O2. The molecule has 1 saturated heterocycles. The van der Waals surface area contributed by atoms with E-state index in [0.29, 0.717) is 12.0 Å². The van der Waals surface area contributed by atoms with Crippen molar-refractivity contribution in [2.75, 3.05) is 20.2 Å². The summed E-state index contributed by atoms with van der Waals surface area (Å²) in [5, 5.41) is 0. The highest BCUT2D eigenvalue weighted by atomic mass is 16.5. The molecule has 0 unspecified atom stereocenters. The Kier molecular flexibility index (Phi) is 5.26. The van der Waals surface area contributed by atoms with Crippen molar-refractivity contribution in [2.24, 2.45) is 5.92 Å². The van der Waals surface area contributed by atoms with E-state index in [1.54, 1.807) is 7.11 Å². The molecule has 0 radical (unpaired) electrons. The Morgan fingerprint density at radius 1 is 1.31 bits per heavy atom. The number of carbonyl (C=O) groups excluding carboxylic acids is 1. The van der Waals surface area contributed by atoms with Crippen molar-refractivity contribution < 1.29 is 9.53 Å². The lowest BCUT2D eigenvalue weighted by Crippen LogP contribution is -2.29. The summed E-state index contributed by atoms with van der Waals surface area (Å²) in [7, 11) is 1.64. The van der Waals surface area contributed by atoms with Crippen LogP contribution in [0.4, 0.5) is 0 Å². The van der Waals surface area contributed by atoms with Crippen molar-refractivity contribution >= 4 is 17.1 Å². The Hall–Kier alpha value is -2.89. The molecule has 6 heteroatoms. The minimum Gasteiger partial charge on any atom is -0.497 e. The molecule has 1 aliphatic heterocycles. The van der Waals surface area contributed by atoms with Gasteiger partial charge >= 0.3 is 0 Å². The van der Waals surface area contributed by atoms with E-state index < -0.39 is 0 Å². The fourth-order valence-electron chi connectivity index (χ4n) is 4.28. The molecule has 2 aromatic heterocycles. The monoisotopic (exact) mass is 392 g/mol. The van der Waals surface area contributed by atoms with Crippen molar-refractivity contribution in [1.29, 1.82) is 0 Å². The standard InChI is InChI=1S/C23H28N4O2/c1-15(2)27-21(25-20-6-5-10-24-22(20)27)13-17-9-11-26(14-17)23(28)19-8-7-18(29-4)12-16(19)3/h5-8,10,12,15,17H,9,11,13-14H2,1-4H3/t17-/m0/s1. The highest BCUT2D eigenvalue weighted by Crippen LogP contribution is 2.27. The second-order valence-electron chi connectivity index (χ2n) is 8.13. The number of aryl methyl sites for hydroxylation is 1. The first-order valence-corrected chi connectivity index (χ1v) is 10.2. The fourth-order valence-corrected chi connectivity index (χ4v) is 4.28. The maximum absolute atomic E-state index is 13.0. The van der Waals surface area contributed by atoms with E-state index in [1.807, 2.05) is 48.4 Å². The van der Waals surface area contributed by atoms with E-state index in [2.05, 4.69) is 23.4 Å². The van der Waals surface area contributed by atoms with Gasteiger partial charge in [0.15, 0.2) is 5.65 Å². The number of hydrogen-bond acceptors (Lipinski definition) is 4. The third kappa shape index (κ3) is 3.71. The van der Waals surface area contributed by atoms with Crippen LogP contribution in [0.5, 0.6) is 5.75 Å². The van der Waals surface area contributed by atoms with E-state index in [9.17, 15) is 4.79 Å². The average Bonchev–Trinajstić information content (AvgIpc) is 3.31. The predicted molar refractivity (Wildman–Crippen MR) is 113 cm³/mol. The van der Waals surface area contributed by atoms with Crippen LogP contribution >= 0.6 is 0 Å². The minimum absolute atomic E-state index is 0.103. The van der Waals surface area contributed by atoms with Gasteiger partial charge in [-0.1, -0.05) is 0 Å². The van der Waals surface area contributed by atoms with Gasteiger partial charge in [0.2, 0.25) is 0 Å². The van der Waals surface area contributed by atoms with Crippen LogP contribution in [0.25, 0.3) is 11.2 Å². The third-order valence-electron chi connectivity index (χ3n) is 5.75. The van der Waals surface area contributed by atoms with Gasteiger partial charge in [0.25, 0.3) is 5.91 Å². The molecular weight excluding hydrogens is 364 g/mol. The van der Waals surface area contributed by atoms with Crippen LogP contribution in [0.15, 0.2) is 36.5 Å². The first-order chi connectivity index (χ1) is 14.0. The van der Waals surface area contributed by atoms with Gasteiger partial charge in [-0.25, -0.2) is 9.97 Å². The predicted octanol–water partition coefficient (Wildman–Crippen LogP) is 4.03. The smallest absolute Gasteiger partial charge is 0.254 e. The SMILES string of the molecule is COc1ccc(C(=O)N2CC[C@@H](Cc3nc4cccnc4n3C(C)C)C2)c(C)c1. The lowest BCUT2D eigenvalue weighted by molar-refractivity contribution is 0.0786. The number of likely N-dealkylation sites (tertiary alicyclic amines) is 1. The number of carbonyl (C=O) groups is 1. The topological polar surface area (TPSA) is 60.2 Å². The molecule has 1 aromatic carbocycles. The van der Waals surface area contributed by atoms with Crippen LogP contribution in [-0.2, 0) is 6.42 Å². The highest BCUT2D eigenvalue weighted by Gasteiger charge is 2.29. The molecule has 0 spiro atoms. The minimum atomic E-state index is 0.103. The summed E-state index contributed by atoms with van der Waals surface area (Å²) in [5.41, 5.74) is 3.59. The maximum atomic E-state index is 13.0. The van der Waals surface area contributed by atoms with Gasteiger partial charge in [-0.3, -0.25) is 4.79 Å². The summed E-state index contributed by atoms with van der Waals surface area (Å²) in [6, 6.07) is 9.88. The number of imidazole rings is 1. The molecule has 29 heavy (non-hydrogen) atoms. The molecule has 1 atom stereocenters. The zero-order valence-corrected chi connectivity index (χ0v) is 17.6. The van der Waals surface area contributed by atoms with Gasteiger partial charge in [-0.2, -0.15) is 0 Å². The van der Waals surface area contributed by atoms with E-state index in [0.717, 1.165) is 59.8 Å². The summed E-state index contributed by atoms with van der Waals surface area (Å²) in [4.78, 5) is 24.4. The van der Waals surface area contributed by atoms with Crippen molar-refractivity contribution in [3.63, 3.8) is 0 Å². The molecule has 4 rings (SSSR count). The van der Waals surface area contributed by atoms with Gasteiger partial charge < -0.3 is 14.2 Å². The Morgan fingerprint density at radius 3 is 2.86 bits per heavy atom. The summed E-state index contributed by atoms with van der Waals surface area (Å²) < 4.78 is 7.48. The van der Waals surface area contributed by atoms with Crippen molar-refractivity contribution in [2.45, 2.75) is 39.7 Å². The number of benzene rings is 1. The molecule has 1 fully saturated rings. The molecule has 0 aliphatic carbocycles. The Labute approximate surface area is 171 Å². The van der Waals surface area contributed by atoms with Crippen LogP contribution in [0.2, 0.25) is 0 Å². The molecule has 1 amide bonds. The quantitative estimate of drug-likeness (QED) is 0.658. The number of rotatable bonds is 5. The molecule has 0 N–H and O–H groups in total. The number of nitrogens with zero attached hydrogens (tertiary/aromatic N) is 4. The molecule has 3 heterocycles. The first-order valence-electron chi connectivity index (χ1n) is 10.2. The largest absolute Gasteiger partial charge is 0.497 e. The number of methoxy groups -OCH3 is 1. The van der Waals surface area contributed by atoms with Crippen LogP contribution in [0, 0.1) is 12.8 Å². The summed E-state index contributed by atoms with van der Waals surface area (Å²) in [6.07, 6.45) is 3.68. The lowest BCUT2D eigenvalue weighted by atomic mass is 10.0. The van der Waals surface area contributed by atoms with Crippen LogP contribution in [0.3, 0.4) is 0 Å². The van der Waals surface area contributed by atoms with Gasteiger partial charge in [-0.15, -0.1) is 0 Å². The molecule has 152 valence electrons. The van der Waals surface area contributed by atoms with Crippen molar-refractivity contribution in [1.82, 2.24) is 19.4 Å². The Balaban J connectivity index is 1.50.